The van der Waals surface area contributed by atoms with Gasteiger partial charge in [-0.25, -0.2) is 0 Å². The summed E-state index contributed by atoms with van der Waals surface area (Å²) in [6.07, 6.45) is 5.88. The predicted octanol–water partition coefficient (Wildman–Crippen LogP) is 2.39. The second kappa shape index (κ2) is 7.02. The number of pyridine rings is 2. The Kier molecular flexibility index (Phi) is 5.09. The minimum Gasteiger partial charge on any atom is -0.332 e. The van der Waals surface area contributed by atoms with Crippen LogP contribution in [0.5, 0.6) is 0 Å². The van der Waals surface area contributed by atoms with Crippen LogP contribution in [0, 0.1) is 0 Å². The van der Waals surface area contributed by atoms with E-state index in [1.165, 1.54) is 10.6 Å². The number of aryl methyl sites for hydroxylation is 1. The van der Waals surface area contributed by atoms with Crippen LogP contribution in [0.2, 0.25) is 0 Å². The van der Waals surface area contributed by atoms with Gasteiger partial charge in [-0.15, -0.1) is 0 Å². The van der Waals surface area contributed by atoms with Gasteiger partial charge in [0.25, 0.3) is 11.5 Å². The molecular formula is C17H21N3O2. The molecule has 0 spiro atoms. The summed E-state index contributed by atoms with van der Waals surface area (Å²) in [6, 6.07) is 6.91. The van der Waals surface area contributed by atoms with Crippen LogP contribution >= 0.6 is 0 Å². The van der Waals surface area contributed by atoms with Gasteiger partial charge in [-0.05, 0) is 37.1 Å². The molecule has 0 fully saturated rings. The molecule has 0 unspecified atom stereocenters. The van der Waals surface area contributed by atoms with Crippen molar-refractivity contribution in [1.82, 2.24) is 14.5 Å². The van der Waals surface area contributed by atoms with E-state index in [1.54, 1.807) is 36.6 Å². The van der Waals surface area contributed by atoms with Crippen LogP contribution in [0.15, 0.2) is 47.7 Å². The number of hydrogen-bond donors (Lipinski definition) is 0. The fraction of sp³-hybridized carbons (Fsp3) is 0.353. The third-order valence-corrected chi connectivity index (χ3v) is 3.81. The number of amides is 1. The second-order valence-corrected chi connectivity index (χ2v) is 5.16. The molecule has 0 N–H and O–H groups in total. The predicted molar refractivity (Wildman–Crippen MR) is 85.7 cm³/mol. The molecule has 0 radical (unpaired) electrons. The van der Waals surface area contributed by atoms with Gasteiger partial charge in [-0.1, -0.05) is 6.92 Å². The van der Waals surface area contributed by atoms with Gasteiger partial charge in [0.15, 0.2) is 0 Å². The number of carbonyl (C=O) groups is 1. The largest absolute Gasteiger partial charge is 0.332 e. The average Bonchev–Trinajstić information content (AvgIpc) is 2.55. The lowest BCUT2D eigenvalue weighted by molar-refractivity contribution is 0.0682. The first-order valence-corrected chi connectivity index (χ1v) is 7.46. The van der Waals surface area contributed by atoms with Gasteiger partial charge in [0.1, 0.15) is 0 Å². The summed E-state index contributed by atoms with van der Waals surface area (Å²) >= 11 is 0. The summed E-state index contributed by atoms with van der Waals surface area (Å²) in [5.41, 5.74) is 1.30. The van der Waals surface area contributed by atoms with E-state index in [9.17, 15) is 9.59 Å². The van der Waals surface area contributed by atoms with E-state index in [2.05, 4.69) is 4.98 Å². The zero-order valence-electron chi connectivity index (χ0n) is 13.2. The highest BCUT2D eigenvalue weighted by atomic mass is 16.2. The topological polar surface area (TPSA) is 55.2 Å². The Labute approximate surface area is 130 Å². The van der Waals surface area contributed by atoms with Crippen LogP contribution in [-0.2, 0) is 7.05 Å². The Balaban J connectivity index is 2.35. The highest BCUT2D eigenvalue weighted by Gasteiger charge is 2.23. The van der Waals surface area contributed by atoms with Gasteiger partial charge < -0.3 is 9.47 Å². The van der Waals surface area contributed by atoms with Crippen molar-refractivity contribution in [3.63, 3.8) is 0 Å². The summed E-state index contributed by atoms with van der Waals surface area (Å²) in [5.74, 6) is -0.121. The Morgan fingerprint density at radius 2 is 1.95 bits per heavy atom. The summed E-state index contributed by atoms with van der Waals surface area (Å²) in [6.45, 7) is 4.57. The molecule has 0 aliphatic rings. The number of hydrogen-bond acceptors (Lipinski definition) is 3. The van der Waals surface area contributed by atoms with E-state index < -0.39 is 0 Å². The number of nitrogens with zero attached hydrogens (tertiary/aromatic N) is 3. The lowest BCUT2D eigenvalue weighted by Gasteiger charge is -2.30. The highest BCUT2D eigenvalue weighted by molar-refractivity contribution is 5.94. The lowest BCUT2D eigenvalue weighted by atomic mass is 10.0. The summed E-state index contributed by atoms with van der Waals surface area (Å²) in [7, 11) is 1.67. The SMILES string of the molecule is CC[C@H](c1ccncc1)N(CC)C(=O)c1ccn(C)c(=O)c1. The minimum absolute atomic E-state index is 0.0236. The Morgan fingerprint density at radius 3 is 2.50 bits per heavy atom. The molecule has 0 aromatic carbocycles. The molecule has 2 aromatic heterocycles. The molecular weight excluding hydrogens is 278 g/mol. The minimum atomic E-state index is -0.182. The van der Waals surface area contributed by atoms with Crippen molar-refractivity contribution < 1.29 is 4.79 Å². The number of rotatable bonds is 5. The van der Waals surface area contributed by atoms with E-state index in [4.69, 9.17) is 0 Å². The van der Waals surface area contributed by atoms with Gasteiger partial charge in [0, 0.05) is 43.8 Å². The Morgan fingerprint density at radius 1 is 1.27 bits per heavy atom. The maximum absolute atomic E-state index is 12.8. The molecule has 0 aliphatic heterocycles. The molecule has 2 heterocycles. The van der Waals surface area contributed by atoms with Crippen molar-refractivity contribution >= 4 is 5.91 Å². The molecule has 0 bridgehead atoms. The maximum Gasteiger partial charge on any atom is 0.254 e. The lowest BCUT2D eigenvalue weighted by Crippen LogP contribution is -2.35. The summed E-state index contributed by atoms with van der Waals surface area (Å²) in [5, 5.41) is 0. The van der Waals surface area contributed by atoms with Crippen LogP contribution in [0.25, 0.3) is 0 Å². The fourth-order valence-corrected chi connectivity index (χ4v) is 2.57. The quantitative estimate of drug-likeness (QED) is 0.852. The number of carbonyl (C=O) groups excluding carboxylic acids is 1. The smallest absolute Gasteiger partial charge is 0.254 e. The van der Waals surface area contributed by atoms with Crippen molar-refractivity contribution in [1.29, 1.82) is 0 Å². The van der Waals surface area contributed by atoms with Crippen molar-refractivity contribution in [2.75, 3.05) is 6.54 Å². The first-order valence-electron chi connectivity index (χ1n) is 7.46. The molecule has 2 rings (SSSR count). The fourth-order valence-electron chi connectivity index (χ4n) is 2.57. The third-order valence-electron chi connectivity index (χ3n) is 3.81. The van der Waals surface area contributed by atoms with Crippen LogP contribution in [-0.4, -0.2) is 26.9 Å². The molecule has 1 atom stereocenters. The molecule has 0 saturated carbocycles. The Bertz CT molecular complexity index is 695. The van der Waals surface area contributed by atoms with Gasteiger partial charge in [0.2, 0.25) is 0 Å². The first kappa shape index (κ1) is 15.9. The van der Waals surface area contributed by atoms with E-state index in [1.807, 2.05) is 26.0 Å². The van der Waals surface area contributed by atoms with Crippen molar-refractivity contribution in [2.24, 2.45) is 7.05 Å². The summed E-state index contributed by atoms with van der Waals surface area (Å²) in [4.78, 5) is 30.3. The normalized spacial score (nSPS) is 12.0. The average molecular weight is 299 g/mol. The van der Waals surface area contributed by atoms with Crippen molar-refractivity contribution in [3.8, 4) is 0 Å². The molecule has 116 valence electrons. The van der Waals surface area contributed by atoms with E-state index >= 15 is 0 Å². The standard InChI is InChI=1S/C17H21N3O2/c1-4-15(13-6-9-18-10-7-13)20(5-2)17(22)14-8-11-19(3)16(21)12-14/h6-12,15H,4-5H2,1-3H3/t15-/m1/s1. The molecule has 5 nitrogen and oxygen atoms in total. The van der Waals surface area contributed by atoms with Gasteiger partial charge in [0.05, 0.1) is 6.04 Å². The van der Waals surface area contributed by atoms with Crippen LogP contribution < -0.4 is 5.56 Å². The molecule has 2 aromatic rings. The van der Waals surface area contributed by atoms with E-state index in [0.717, 1.165) is 12.0 Å². The first-order chi connectivity index (χ1) is 10.6. The molecule has 5 heteroatoms. The maximum atomic E-state index is 12.8. The van der Waals surface area contributed by atoms with E-state index in [0.29, 0.717) is 12.1 Å². The zero-order valence-corrected chi connectivity index (χ0v) is 13.2. The third kappa shape index (κ3) is 3.24. The van der Waals surface area contributed by atoms with E-state index in [-0.39, 0.29) is 17.5 Å². The highest BCUT2D eigenvalue weighted by Crippen LogP contribution is 2.25. The van der Waals surface area contributed by atoms with Crippen LogP contribution in [0.4, 0.5) is 0 Å². The molecule has 0 saturated heterocycles. The summed E-state index contributed by atoms with van der Waals surface area (Å²) < 4.78 is 1.45. The Hall–Kier alpha value is -2.43. The molecule has 0 aliphatic carbocycles. The second-order valence-electron chi connectivity index (χ2n) is 5.16. The van der Waals surface area contributed by atoms with Crippen molar-refractivity contribution in [3.05, 3.63) is 64.3 Å². The number of aromatic nitrogens is 2. The van der Waals surface area contributed by atoms with Gasteiger partial charge in [-0.2, -0.15) is 0 Å². The van der Waals surface area contributed by atoms with Crippen LogP contribution in [0.3, 0.4) is 0 Å². The van der Waals surface area contributed by atoms with Gasteiger partial charge >= 0.3 is 0 Å². The molecule has 22 heavy (non-hydrogen) atoms. The monoisotopic (exact) mass is 299 g/mol. The van der Waals surface area contributed by atoms with Crippen molar-refractivity contribution in [2.45, 2.75) is 26.3 Å². The van der Waals surface area contributed by atoms with Gasteiger partial charge in [-0.3, -0.25) is 14.6 Å². The molecule has 1 amide bonds. The zero-order chi connectivity index (χ0) is 16.1. The van der Waals surface area contributed by atoms with Crippen LogP contribution in [0.1, 0.15) is 42.2 Å².